The fourth-order valence-corrected chi connectivity index (χ4v) is 2.94. The van der Waals surface area contributed by atoms with Crippen molar-refractivity contribution < 1.29 is 28.6 Å². The molecule has 0 aromatic heterocycles. The third-order valence-electron chi connectivity index (χ3n) is 4.45. The number of piperidine rings is 1. The number of esters is 2. The lowest BCUT2D eigenvalue weighted by atomic mass is 9.78. The van der Waals surface area contributed by atoms with Crippen LogP contribution in [0.15, 0.2) is 30.3 Å². The van der Waals surface area contributed by atoms with Gasteiger partial charge in [0.1, 0.15) is 12.2 Å². The third kappa shape index (κ3) is 5.21. The van der Waals surface area contributed by atoms with Crippen LogP contribution in [0, 0.1) is 5.41 Å². The zero-order chi connectivity index (χ0) is 20.1. The zero-order valence-corrected chi connectivity index (χ0v) is 16.3. The Bertz CT molecular complexity index is 671. The van der Waals surface area contributed by atoms with Gasteiger partial charge in [0.05, 0.1) is 7.11 Å². The Labute approximate surface area is 159 Å². The number of ether oxygens (including phenoxy) is 3. The Kier molecular flexibility index (Phi) is 6.46. The monoisotopic (exact) mass is 377 g/mol. The molecule has 1 aliphatic heterocycles. The van der Waals surface area contributed by atoms with Gasteiger partial charge in [-0.1, -0.05) is 30.3 Å². The van der Waals surface area contributed by atoms with Gasteiger partial charge < -0.3 is 19.1 Å². The second kappa shape index (κ2) is 8.41. The fourth-order valence-electron chi connectivity index (χ4n) is 2.94. The van der Waals surface area contributed by atoms with Crippen LogP contribution in [0.25, 0.3) is 0 Å². The first-order chi connectivity index (χ1) is 12.7. The molecule has 1 fully saturated rings. The lowest BCUT2D eigenvalue weighted by Crippen LogP contribution is -2.52. The van der Waals surface area contributed by atoms with Crippen LogP contribution >= 0.6 is 0 Å². The van der Waals surface area contributed by atoms with Gasteiger partial charge >= 0.3 is 18.0 Å². The summed E-state index contributed by atoms with van der Waals surface area (Å²) >= 11 is 0. The SMILES string of the molecule is COC(=O)C1(C(=O)OC(C)(C)C)CCN(C(=O)OCc2ccccc2)CC1. The van der Waals surface area contributed by atoms with Crippen molar-refractivity contribution in [3.63, 3.8) is 0 Å². The summed E-state index contributed by atoms with van der Waals surface area (Å²) in [5.74, 6) is -1.24. The maximum atomic E-state index is 12.7. The van der Waals surface area contributed by atoms with Crippen molar-refractivity contribution in [1.29, 1.82) is 0 Å². The van der Waals surface area contributed by atoms with Gasteiger partial charge in [-0.05, 0) is 39.2 Å². The van der Waals surface area contributed by atoms with Crippen molar-refractivity contribution in [2.45, 2.75) is 45.8 Å². The standard InChI is InChI=1S/C20H27NO6/c1-19(2,3)27-17(23)20(16(22)25-4)10-12-21(13-11-20)18(24)26-14-15-8-6-5-7-9-15/h5-9H,10-14H2,1-4H3. The number of hydrogen-bond donors (Lipinski definition) is 0. The highest BCUT2D eigenvalue weighted by Gasteiger charge is 2.52. The average molecular weight is 377 g/mol. The van der Waals surface area contributed by atoms with Gasteiger partial charge in [0.15, 0.2) is 5.41 Å². The summed E-state index contributed by atoms with van der Waals surface area (Å²) in [4.78, 5) is 38.8. The van der Waals surface area contributed by atoms with Crippen LogP contribution in [0.5, 0.6) is 0 Å². The first-order valence-electron chi connectivity index (χ1n) is 8.95. The molecule has 1 heterocycles. The van der Waals surface area contributed by atoms with Crippen molar-refractivity contribution in [3.8, 4) is 0 Å². The molecule has 0 spiro atoms. The lowest BCUT2D eigenvalue weighted by Gasteiger charge is -2.38. The zero-order valence-electron chi connectivity index (χ0n) is 16.3. The van der Waals surface area contributed by atoms with E-state index in [-0.39, 0.29) is 32.5 Å². The lowest BCUT2D eigenvalue weighted by molar-refractivity contribution is -0.182. The van der Waals surface area contributed by atoms with E-state index in [2.05, 4.69) is 0 Å². The highest BCUT2D eigenvalue weighted by atomic mass is 16.6. The van der Waals surface area contributed by atoms with Gasteiger partial charge in [0.25, 0.3) is 0 Å². The summed E-state index contributed by atoms with van der Waals surface area (Å²) in [6.07, 6.45) is -0.203. The van der Waals surface area contributed by atoms with E-state index in [1.165, 1.54) is 12.0 Å². The summed E-state index contributed by atoms with van der Waals surface area (Å²) in [6.45, 7) is 5.82. The Hall–Kier alpha value is -2.57. The fraction of sp³-hybridized carbons (Fsp3) is 0.550. The molecule has 0 radical (unpaired) electrons. The van der Waals surface area contributed by atoms with E-state index in [1.54, 1.807) is 20.8 Å². The van der Waals surface area contributed by atoms with Gasteiger partial charge in [-0.25, -0.2) is 4.79 Å². The second-order valence-corrected chi connectivity index (χ2v) is 7.60. The number of benzene rings is 1. The van der Waals surface area contributed by atoms with E-state index < -0.39 is 29.0 Å². The molecule has 7 heteroatoms. The van der Waals surface area contributed by atoms with E-state index in [4.69, 9.17) is 14.2 Å². The van der Waals surface area contributed by atoms with Crippen LogP contribution in [0.1, 0.15) is 39.2 Å². The highest BCUT2D eigenvalue weighted by molar-refractivity contribution is 6.00. The second-order valence-electron chi connectivity index (χ2n) is 7.60. The number of hydrogen-bond acceptors (Lipinski definition) is 6. The predicted octanol–water partition coefficient (Wildman–Crippen LogP) is 2.92. The summed E-state index contributed by atoms with van der Waals surface area (Å²) in [7, 11) is 1.24. The molecule has 27 heavy (non-hydrogen) atoms. The molecule has 0 aliphatic carbocycles. The molecule has 1 aromatic carbocycles. The highest BCUT2D eigenvalue weighted by Crippen LogP contribution is 2.36. The molecule has 7 nitrogen and oxygen atoms in total. The summed E-state index contributed by atoms with van der Waals surface area (Å²) in [5.41, 5.74) is -1.22. The van der Waals surface area contributed by atoms with Crippen LogP contribution in [-0.2, 0) is 30.4 Å². The van der Waals surface area contributed by atoms with Crippen molar-refractivity contribution in [3.05, 3.63) is 35.9 Å². The quantitative estimate of drug-likeness (QED) is 0.456. The first-order valence-corrected chi connectivity index (χ1v) is 8.95. The number of carbonyl (C=O) groups excluding carboxylic acids is 3. The molecule has 0 atom stereocenters. The number of nitrogens with zero attached hydrogens (tertiary/aromatic N) is 1. The van der Waals surface area contributed by atoms with E-state index in [1.807, 2.05) is 30.3 Å². The van der Waals surface area contributed by atoms with Crippen LogP contribution in [0.3, 0.4) is 0 Å². The molecule has 1 aliphatic rings. The minimum Gasteiger partial charge on any atom is -0.468 e. The summed E-state index contributed by atoms with van der Waals surface area (Å²) in [6, 6.07) is 9.37. The summed E-state index contributed by atoms with van der Waals surface area (Å²) < 4.78 is 15.6. The number of rotatable bonds is 4. The van der Waals surface area contributed by atoms with E-state index in [0.29, 0.717) is 0 Å². The van der Waals surface area contributed by atoms with Crippen LogP contribution < -0.4 is 0 Å². The molecule has 0 N–H and O–H groups in total. The average Bonchev–Trinajstić information content (AvgIpc) is 2.65. The predicted molar refractivity (Wildman–Crippen MR) is 97.7 cm³/mol. The number of amides is 1. The number of carbonyl (C=O) groups is 3. The molecule has 1 saturated heterocycles. The Morgan fingerprint density at radius 2 is 1.63 bits per heavy atom. The minimum atomic E-state index is -1.39. The van der Waals surface area contributed by atoms with Gasteiger partial charge in [0.2, 0.25) is 0 Å². The molecule has 0 bridgehead atoms. The maximum Gasteiger partial charge on any atom is 0.410 e. The normalized spacial score (nSPS) is 16.4. The Morgan fingerprint density at radius 1 is 1.04 bits per heavy atom. The topological polar surface area (TPSA) is 82.1 Å². The van der Waals surface area contributed by atoms with E-state index in [9.17, 15) is 14.4 Å². The molecular formula is C20H27NO6. The molecular weight excluding hydrogens is 350 g/mol. The van der Waals surface area contributed by atoms with Crippen molar-refractivity contribution in [2.24, 2.45) is 5.41 Å². The van der Waals surface area contributed by atoms with Crippen molar-refractivity contribution in [2.75, 3.05) is 20.2 Å². The molecule has 2 rings (SSSR count). The van der Waals surface area contributed by atoms with Gasteiger partial charge in [-0.2, -0.15) is 0 Å². The molecule has 1 amide bonds. The van der Waals surface area contributed by atoms with Gasteiger partial charge in [-0.3, -0.25) is 9.59 Å². The maximum absolute atomic E-state index is 12.7. The van der Waals surface area contributed by atoms with Crippen LogP contribution in [0.2, 0.25) is 0 Å². The smallest absolute Gasteiger partial charge is 0.410 e. The molecule has 148 valence electrons. The van der Waals surface area contributed by atoms with Gasteiger partial charge in [0, 0.05) is 13.1 Å². The molecule has 0 unspecified atom stereocenters. The summed E-state index contributed by atoms with van der Waals surface area (Å²) in [5, 5.41) is 0. The number of likely N-dealkylation sites (tertiary alicyclic amines) is 1. The van der Waals surface area contributed by atoms with Crippen LogP contribution in [-0.4, -0.2) is 48.7 Å². The Balaban J connectivity index is 1.99. The van der Waals surface area contributed by atoms with E-state index in [0.717, 1.165) is 5.56 Å². The largest absolute Gasteiger partial charge is 0.468 e. The van der Waals surface area contributed by atoms with Crippen LogP contribution in [0.4, 0.5) is 4.79 Å². The van der Waals surface area contributed by atoms with E-state index >= 15 is 0 Å². The first kappa shape index (κ1) is 20.7. The molecule has 0 saturated carbocycles. The minimum absolute atomic E-state index is 0.134. The molecule has 1 aromatic rings. The Morgan fingerprint density at radius 3 is 2.15 bits per heavy atom. The van der Waals surface area contributed by atoms with Gasteiger partial charge in [-0.15, -0.1) is 0 Å². The van der Waals surface area contributed by atoms with Crippen molar-refractivity contribution >= 4 is 18.0 Å². The third-order valence-corrected chi connectivity index (χ3v) is 4.45. The number of methoxy groups -OCH3 is 1. The van der Waals surface area contributed by atoms with Crippen molar-refractivity contribution in [1.82, 2.24) is 4.90 Å².